The maximum Gasteiger partial charge on any atom is 0.305 e. The predicted octanol–water partition coefficient (Wildman–Crippen LogP) is 1.70. The van der Waals surface area contributed by atoms with Crippen molar-refractivity contribution in [2.45, 2.75) is 37.6 Å². The molecule has 1 rings (SSSR count). The summed E-state index contributed by atoms with van der Waals surface area (Å²) in [6.45, 7) is 0. The third-order valence-corrected chi connectivity index (χ3v) is 2.76. The molecule has 0 heterocycles. The van der Waals surface area contributed by atoms with E-state index in [1.54, 1.807) is 6.08 Å². The summed E-state index contributed by atoms with van der Waals surface area (Å²) in [6, 6.07) is 0. The van der Waals surface area contributed by atoms with Crippen molar-refractivity contribution in [2.24, 2.45) is 0 Å². The van der Waals surface area contributed by atoms with Crippen LogP contribution >= 0.6 is 0 Å². The molecule has 5 nitrogen and oxygen atoms in total. The van der Waals surface area contributed by atoms with Crippen LogP contribution in [0, 0.1) is 10.1 Å². The van der Waals surface area contributed by atoms with Crippen molar-refractivity contribution in [1.29, 1.82) is 0 Å². The van der Waals surface area contributed by atoms with Crippen LogP contribution in [0.5, 0.6) is 0 Å². The number of nitrogens with zero attached hydrogens (tertiary/aromatic N) is 1. The van der Waals surface area contributed by atoms with Gasteiger partial charge in [0.25, 0.3) is 0 Å². The maximum absolute atomic E-state index is 11.0. The molecule has 0 unspecified atom stereocenters. The number of ether oxygens (including phenoxy) is 1. The van der Waals surface area contributed by atoms with Crippen LogP contribution in [0.25, 0.3) is 0 Å². The lowest BCUT2D eigenvalue weighted by atomic mass is 9.84. The van der Waals surface area contributed by atoms with E-state index in [1.807, 2.05) is 6.08 Å². The number of methoxy groups -OCH3 is 1. The van der Waals surface area contributed by atoms with Crippen LogP contribution in [0.3, 0.4) is 0 Å². The van der Waals surface area contributed by atoms with Crippen molar-refractivity contribution in [1.82, 2.24) is 0 Å². The first-order chi connectivity index (χ1) is 7.10. The molecule has 1 atom stereocenters. The van der Waals surface area contributed by atoms with E-state index in [0.29, 0.717) is 6.42 Å². The number of carbonyl (C=O) groups is 1. The molecule has 0 radical (unpaired) electrons. The molecular weight excluding hydrogens is 198 g/mol. The highest BCUT2D eigenvalue weighted by Crippen LogP contribution is 2.29. The fourth-order valence-corrected chi connectivity index (χ4v) is 1.78. The Morgan fingerprint density at radius 3 is 2.87 bits per heavy atom. The van der Waals surface area contributed by atoms with Gasteiger partial charge in [-0.15, -0.1) is 0 Å². The molecule has 0 aliphatic heterocycles. The standard InChI is InChI=1S/C10H15NO4/c1-15-9(12)5-8-10(11(13)14)6-3-2-4-7-10/h3,6H,2,4-5,7-8H2,1H3/t10-/m1/s1. The van der Waals surface area contributed by atoms with Crippen LogP contribution in [0.15, 0.2) is 12.2 Å². The monoisotopic (exact) mass is 213 g/mol. The van der Waals surface area contributed by atoms with E-state index >= 15 is 0 Å². The van der Waals surface area contributed by atoms with Crippen LogP contribution in [0.2, 0.25) is 0 Å². The summed E-state index contributed by atoms with van der Waals surface area (Å²) in [6.07, 6.45) is 5.97. The number of carbonyl (C=O) groups excluding carboxylic acids is 1. The predicted molar refractivity (Wildman–Crippen MR) is 54.0 cm³/mol. The Morgan fingerprint density at radius 2 is 2.40 bits per heavy atom. The number of esters is 1. The topological polar surface area (TPSA) is 69.4 Å². The van der Waals surface area contributed by atoms with Gasteiger partial charge in [-0.25, -0.2) is 0 Å². The highest BCUT2D eigenvalue weighted by atomic mass is 16.6. The van der Waals surface area contributed by atoms with Gasteiger partial charge in [-0.3, -0.25) is 14.9 Å². The Kier molecular flexibility index (Phi) is 3.82. The SMILES string of the molecule is COC(=O)CC[C@@]1([N+](=O)[O-])C=CCCC1. The molecule has 0 saturated carbocycles. The smallest absolute Gasteiger partial charge is 0.305 e. The summed E-state index contributed by atoms with van der Waals surface area (Å²) in [5.74, 6) is -0.393. The zero-order chi connectivity index (χ0) is 11.3. The van der Waals surface area contributed by atoms with Crippen molar-refractivity contribution >= 4 is 5.97 Å². The molecule has 84 valence electrons. The highest BCUT2D eigenvalue weighted by molar-refractivity contribution is 5.69. The molecule has 1 aliphatic carbocycles. The van der Waals surface area contributed by atoms with Gasteiger partial charge >= 0.3 is 5.97 Å². The van der Waals surface area contributed by atoms with Gasteiger partial charge in [0.15, 0.2) is 0 Å². The lowest BCUT2D eigenvalue weighted by molar-refractivity contribution is -0.558. The van der Waals surface area contributed by atoms with Crippen molar-refractivity contribution in [3.8, 4) is 0 Å². The lowest BCUT2D eigenvalue weighted by Crippen LogP contribution is -2.38. The zero-order valence-corrected chi connectivity index (χ0v) is 8.77. The summed E-state index contributed by atoms with van der Waals surface area (Å²) in [5, 5.41) is 11.0. The van der Waals surface area contributed by atoms with Crippen molar-refractivity contribution in [2.75, 3.05) is 7.11 Å². The Morgan fingerprint density at radius 1 is 1.67 bits per heavy atom. The number of allylic oxidation sites excluding steroid dienone is 1. The molecule has 0 spiro atoms. The second kappa shape index (κ2) is 4.91. The molecule has 0 saturated heterocycles. The van der Waals surface area contributed by atoms with Gasteiger partial charge in [0.1, 0.15) is 0 Å². The van der Waals surface area contributed by atoms with E-state index in [1.165, 1.54) is 7.11 Å². The average molecular weight is 213 g/mol. The summed E-state index contributed by atoms with van der Waals surface area (Å²) in [4.78, 5) is 21.6. The minimum atomic E-state index is -1.05. The zero-order valence-electron chi connectivity index (χ0n) is 8.77. The van der Waals surface area contributed by atoms with Gasteiger partial charge in [-0.2, -0.15) is 0 Å². The average Bonchev–Trinajstić information content (AvgIpc) is 2.27. The normalized spacial score (nSPS) is 24.9. The largest absolute Gasteiger partial charge is 0.469 e. The minimum Gasteiger partial charge on any atom is -0.469 e. The third-order valence-electron chi connectivity index (χ3n) is 2.76. The fourth-order valence-electron chi connectivity index (χ4n) is 1.78. The first kappa shape index (κ1) is 11.7. The van der Waals surface area contributed by atoms with E-state index < -0.39 is 11.5 Å². The summed E-state index contributed by atoms with van der Waals surface area (Å²) in [5.41, 5.74) is -1.05. The summed E-state index contributed by atoms with van der Waals surface area (Å²) >= 11 is 0. The van der Waals surface area contributed by atoms with Crippen LogP contribution in [-0.2, 0) is 9.53 Å². The Bertz CT molecular complexity index is 287. The van der Waals surface area contributed by atoms with E-state index in [9.17, 15) is 14.9 Å². The number of rotatable bonds is 4. The quantitative estimate of drug-likeness (QED) is 0.308. The second-order valence-electron chi connectivity index (χ2n) is 3.73. The number of nitro groups is 1. The van der Waals surface area contributed by atoms with E-state index in [2.05, 4.69) is 4.74 Å². The van der Waals surface area contributed by atoms with Crippen LogP contribution in [0.1, 0.15) is 32.1 Å². The highest BCUT2D eigenvalue weighted by Gasteiger charge is 2.40. The molecule has 0 aromatic heterocycles. The van der Waals surface area contributed by atoms with E-state index in [0.717, 1.165) is 12.8 Å². The molecule has 1 aliphatic rings. The van der Waals surface area contributed by atoms with Crippen molar-refractivity contribution in [3.63, 3.8) is 0 Å². The molecule has 0 aromatic carbocycles. The Hall–Kier alpha value is -1.39. The third kappa shape index (κ3) is 2.78. The van der Waals surface area contributed by atoms with Crippen molar-refractivity contribution in [3.05, 3.63) is 22.3 Å². The van der Waals surface area contributed by atoms with Gasteiger partial charge in [0.05, 0.1) is 13.5 Å². The first-order valence-electron chi connectivity index (χ1n) is 5.00. The molecule has 0 bridgehead atoms. The number of hydrogen-bond acceptors (Lipinski definition) is 4. The Labute approximate surface area is 88.3 Å². The molecular formula is C10H15NO4. The van der Waals surface area contributed by atoms with E-state index in [-0.39, 0.29) is 17.8 Å². The molecule has 0 aromatic rings. The molecule has 0 fully saturated rings. The van der Waals surface area contributed by atoms with Crippen LogP contribution in [-0.4, -0.2) is 23.5 Å². The first-order valence-corrected chi connectivity index (χ1v) is 5.00. The van der Waals surface area contributed by atoms with Crippen LogP contribution < -0.4 is 0 Å². The molecule has 15 heavy (non-hydrogen) atoms. The number of hydrogen-bond donors (Lipinski definition) is 0. The van der Waals surface area contributed by atoms with E-state index in [4.69, 9.17) is 0 Å². The fraction of sp³-hybridized carbons (Fsp3) is 0.700. The van der Waals surface area contributed by atoms with Gasteiger partial charge in [0, 0.05) is 17.8 Å². The van der Waals surface area contributed by atoms with Crippen molar-refractivity contribution < 1.29 is 14.5 Å². The lowest BCUT2D eigenvalue weighted by Gasteiger charge is -2.24. The van der Waals surface area contributed by atoms with Gasteiger partial charge in [-0.1, -0.05) is 6.08 Å². The van der Waals surface area contributed by atoms with Gasteiger partial charge < -0.3 is 4.74 Å². The maximum atomic E-state index is 11.0. The summed E-state index contributed by atoms with van der Waals surface area (Å²) < 4.78 is 4.48. The summed E-state index contributed by atoms with van der Waals surface area (Å²) in [7, 11) is 1.29. The van der Waals surface area contributed by atoms with Gasteiger partial charge in [0.2, 0.25) is 5.54 Å². The Balaban J connectivity index is 2.66. The molecule has 5 heteroatoms. The second-order valence-corrected chi connectivity index (χ2v) is 3.73. The van der Waals surface area contributed by atoms with Gasteiger partial charge in [-0.05, 0) is 18.9 Å². The molecule has 0 amide bonds. The molecule has 0 N–H and O–H groups in total. The minimum absolute atomic E-state index is 0.0990. The van der Waals surface area contributed by atoms with Crippen LogP contribution in [0.4, 0.5) is 0 Å².